The molecule has 0 N–H and O–H groups in total. The minimum atomic E-state index is -4.87. The molecular weight excluding hydrogens is 363 g/mol. The summed E-state index contributed by atoms with van der Waals surface area (Å²) in [6, 6.07) is 5.84. The van der Waals surface area contributed by atoms with Gasteiger partial charge < -0.3 is 4.90 Å². The van der Waals surface area contributed by atoms with Crippen molar-refractivity contribution in [1.82, 2.24) is 0 Å². The number of hydrogen-bond donors (Lipinski definition) is 0. The molecule has 0 radical (unpaired) electrons. The van der Waals surface area contributed by atoms with Crippen LogP contribution in [0, 0.1) is 23.0 Å². The fourth-order valence-corrected chi connectivity index (χ4v) is 3.26. The Labute approximate surface area is 145 Å². The molecule has 25 heavy (non-hydrogen) atoms. The van der Waals surface area contributed by atoms with Crippen molar-refractivity contribution in [1.29, 1.82) is 5.26 Å². The summed E-state index contributed by atoms with van der Waals surface area (Å²) in [5.74, 6) is -2.15. The van der Waals surface area contributed by atoms with Crippen LogP contribution in [0.3, 0.4) is 0 Å². The molecule has 0 atom stereocenters. The minimum Gasteiger partial charge on any atom is -0.339 e. The highest BCUT2D eigenvalue weighted by Crippen LogP contribution is 2.43. The molecule has 0 aromatic heterocycles. The number of fused-ring (bicyclic) bond motifs is 1. The molecule has 0 spiro atoms. The molecule has 1 aliphatic rings. The summed E-state index contributed by atoms with van der Waals surface area (Å²) >= 11 is 5.86. The summed E-state index contributed by atoms with van der Waals surface area (Å²) in [7, 11) is 0. The van der Waals surface area contributed by atoms with Gasteiger partial charge in [-0.1, -0.05) is 11.6 Å². The van der Waals surface area contributed by atoms with Gasteiger partial charge >= 0.3 is 6.18 Å². The first-order chi connectivity index (χ1) is 11.7. The largest absolute Gasteiger partial charge is 0.419 e. The second-order valence-corrected chi connectivity index (χ2v) is 5.96. The lowest BCUT2D eigenvalue weighted by molar-refractivity contribution is -0.139. The minimum absolute atomic E-state index is 0.0104. The molecule has 2 nitrogen and oxygen atoms in total. The van der Waals surface area contributed by atoms with Gasteiger partial charge in [-0.3, -0.25) is 0 Å². The smallest absolute Gasteiger partial charge is 0.339 e. The van der Waals surface area contributed by atoms with E-state index >= 15 is 0 Å². The van der Waals surface area contributed by atoms with Crippen molar-refractivity contribution in [2.24, 2.45) is 0 Å². The molecule has 0 unspecified atom stereocenters. The molecule has 0 bridgehead atoms. The van der Waals surface area contributed by atoms with Crippen molar-refractivity contribution < 1.29 is 22.0 Å². The van der Waals surface area contributed by atoms with Gasteiger partial charge in [0.05, 0.1) is 22.5 Å². The number of hydrogen-bond acceptors (Lipinski definition) is 2. The second kappa shape index (κ2) is 6.19. The molecule has 130 valence electrons. The van der Waals surface area contributed by atoms with Gasteiger partial charge in [0.1, 0.15) is 16.9 Å². The van der Waals surface area contributed by atoms with Crippen LogP contribution in [0.2, 0.25) is 5.02 Å². The zero-order valence-electron chi connectivity index (χ0n) is 12.6. The van der Waals surface area contributed by atoms with Crippen molar-refractivity contribution in [3.8, 4) is 6.07 Å². The lowest BCUT2D eigenvalue weighted by Crippen LogP contribution is -2.26. The van der Waals surface area contributed by atoms with Gasteiger partial charge in [0.15, 0.2) is 5.82 Å². The number of halogens is 6. The third kappa shape index (κ3) is 3.02. The maximum absolute atomic E-state index is 14.1. The first-order valence-electron chi connectivity index (χ1n) is 7.29. The first kappa shape index (κ1) is 17.5. The average Bonchev–Trinajstić information content (AvgIpc) is 2.54. The maximum atomic E-state index is 14.1. The zero-order valence-corrected chi connectivity index (χ0v) is 13.3. The number of alkyl halides is 3. The molecular formula is C17H10ClF5N2. The highest BCUT2D eigenvalue weighted by molar-refractivity contribution is 6.33. The molecule has 8 heteroatoms. The predicted octanol–water partition coefficient (Wildman–Crippen LogP) is 5.59. The SMILES string of the molecule is N#Cc1cc(F)cc2c1N(c1ccc(C(F)(F)F)c(F)c1Cl)CCC2. The summed E-state index contributed by atoms with van der Waals surface area (Å²) in [6.07, 6.45) is -3.81. The molecule has 0 saturated carbocycles. The fourth-order valence-electron chi connectivity index (χ4n) is 3.00. The van der Waals surface area contributed by atoms with Crippen LogP contribution >= 0.6 is 11.6 Å². The highest BCUT2D eigenvalue weighted by Gasteiger charge is 2.36. The third-order valence-corrected chi connectivity index (χ3v) is 4.39. The van der Waals surface area contributed by atoms with Gasteiger partial charge in [-0.15, -0.1) is 0 Å². The van der Waals surface area contributed by atoms with Crippen LogP contribution in [0.5, 0.6) is 0 Å². The van der Waals surface area contributed by atoms with Crippen molar-refractivity contribution in [2.45, 2.75) is 19.0 Å². The van der Waals surface area contributed by atoms with E-state index in [4.69, 9.17) is 11.6 Å². The summed E-state index contributed by atoms with van der Waals surface area (Å²) in [5, 5.41) is 8.57. The van der Waals surface area contributed by atoms with Gasteiger partial charge in [0.2, 0.25) is 0 Å². The summed E-state index contributed by atoms with van der Waals surface area (Å²) in [6.45, 7) is 0.317. The number of anilines is 2. The first-order valence-corrected chi connectivity index (χ1v) is 7.67. The summed E-state index contributed by atoms with van der Waals surface area (Å²) < 4.78 is 66.2. The Morgan fingerprint density at radius 2 is 1.88 bits per heavy atom. The lowest BCUT2D eigenvalue weighted by Gasteiger charge is -2.33. The topological polar surface area (TPSA) is 27.0 Å². The van der Waals surface area contributed by atoms with E-state index in [-0.39, 0.29) is 11.3 Å². The fraction of sp³-hybridized carbons (Fsp3) is 0.235. The molecule has 0 fully saturated rings. The Morgan fingerprint density at radius 3 is 2.52 bits per heavy atom. The van der Waals surface area contributed by atoms with E-state index in [1.54, 1.807) is 0 Å². The number of nitriles is 1. The Hall–Kier alpha value is -2.33. The van der Waals surface area contributed by atoms with E-state index < -0.39 is 28.4 Å². The summed E-state index contributed by atoms with van der Waals surface area (Å²) in [5.41, 5.74) is -0.559. The molecule has 1 aliphatic heterocycles. The van der Waals surface area contributed by atoms with Crippen LogP contribution in [0.4, 0.5) is 33.3 Å². The van der Waals surface area contributed by atoms with Crippen LogP contribution < -0.4 is 4.90 Å². The number of aryl methyl sites for hydroxylation is 1. The van der Waals surface area contributed by atoms with Crippen molar-refractivity contribution in [2.75, 3.05) is 11.4 Å². The van der Waals surface area contributed by atoms with Gasteiger partial charge in [-0.25, -0.2) is 8.78 Å². The molecule has 2 aromatic carbocycles. The Morgan fingerprint density at radius 1 is 1.16 bits per heavy atom. The molecule has 0 amide bonds. The number of rotatable bonds is 1. The van der Waals surface area contributed by atoms with E-state index in [1.165, 1.54) is 11.0 Å². The van der Waals surface area contributed by atoms with Crippen molar-refractivity contribution in [3.63, 3.8) is 0 Å². The quantitative estimate of drug-likeness (QED) is 0.610. The normalized spacial score (nSPS) is 14.2. The van der Waals surface area contributed by atoms with E-state index in [9.17, 15) is 27.2 Å². The van der Waals surface area contributed by atoms with Crippen LogP contribution in [0.25, 0.3) is 0 Å². The van der Waals surface area contributed by atoms with Crippen LogP contribution in [-0.2, 0) is 12.6 Å². The monoisotopic (exact) mass is 372 g/mol. The Bertz CT molecular complexity index is 886. The highest BCUT2D eigenvalue weighted by atomic mass is 35.5. The number of benzene rings is 2. The molecule has 1 heterocycles. The van der Waals surface area contributed by atoms with E-state index in [1.807, 2.05) is 6.07 Å². The molecule has 3 rings (SSSR count). The molecule has 0 saturated heterocycles. The maximum Gasteiger partial charge on any atom is 0.419 e. The average molecular weight is 373 g/mol. The van der Waals surface area contributed by atoms with Gasteiger partial charge in [0.25, 0.3) is 0 Å². The predicted molar refractivity (Wildman–Crippen MR) is 82.9 cm³/mol. The second-order valence-electron chi connectivity index (χ2n) is 5.59. The zero-order chi connectivity index (χ0) is 18.4. The summed E-state index contributed by atoms with van der Waals surface area (Å²) in [4.78, 5) is 1.46. The standard InChI is InChI=1S/C17H10ClF5N2/c18-14-13(4-3-12(15(14)20)17(21,22)23)25-5-1-2-9-6-11(19)7-10(8-24)16(9)25/h3-4,6-7H,1-2,5H2. The molecule has 0 aliphatic carbocycles. The lowest BCUT2D eigenvalue weighted by atomic mass is 9.97. The van der Waals surface area contributed by atoms with Crippen LogP contribution in [-0.4, -0.2) is 6.54 Å². The molecule has 2 aromatic rings. The van der Waals surface area contributed by atoms with E-state index in [0.29, 0.717) is 36.7 Å². The van der Waals surface area contributed by atoms with Gasteiger partial charge in [-0.05, 0) is 42.7 Å². The number of nitrogens with zero attached hydrogens (tertiary/aromatic N) is 2. The Kier molecular flexibility index (Phi) is 4.33. The van der Waals surface area contributed by atoms with E-state index in [2.05, 4.69) is 0 Å². The van der Waals surface area contributed by atoms with Crippen molar-refractivity contribution in [3.05, 3.63) is 57.6 Å². The third-order valence-electron chi connectivity index (χ3n) is 4.03. The van der Waals surface area contributed by atoms with Gasteiger partial charge in [0, 0.05) is 6.54 Å². The van der Waals surface area contributed by atoms with Gasteiger partial charge in [-0.2, -0.15) is 18.4 Å². The van der Waals surface area contributed by atoms with E-state index in [0.717, 1.165) is 12.1 Å². The van der Waals surface area contributed by atoms with Crippen LogP contribution in [0.15, 0.2) is 24.3 Å². The Balaban J connectivity index is 2.18. The van der Waals surface area contributed by atoms with Crippen molar-refractivity contribution >= 4 is 23.0 Å². The van der Waals surface area contributed by atoms with Crippen LogP contribution in [0.1, 0.15) is 23.1 Å².